The Labute approximate surface area is 514 Å². The molecule has 0 unspecified atom stereocenters. The van der Waals surface area contributed by atoms with Crippen LogP contribution in [0.15, 0.2) is 252 Å². The van der Waals surface area contributed by atoms with Crippen molar-refractivity contribution < 1.29 is 24.8 Å². The second kappa shape index (κ2) is 40.9. The van der Waals surface area contributed by atoms with E-state index >= 15 is 0 Å². The molecule has 0 spiro atoms. The van der Waals surface area contributed by atoms with Crippen molar-refractivity contribution in [2.24, 2.45) is 0 Å². The van der Waals surface area contributed by atoms with Gasteiger partial charge in [0.05, 0.1) is 6.26 Å². The topological polar surface area (TPSA) is 77.8 Å². The summed E-state index contributed by atoms with van der Waals surface area (Å²) < 4.78 is 16.9. The molecule has 10 aromatic rings. The molecule has 0 fully saturated rings. The predicted octanol–water partition coefficient (Wildman–Crippen LogP) is 18.4. The second-order valence-corrected chi connectivity index (χ2v) is 38.5. The van der Waals surface area contributed by atoms with E-state index in [2.05, 4.69) is 235 Å². The summed E-state index contributed by atoms with van der Waals surface area (Å²) in [4.78, 5) is 14.9. The van der Waals surface area contributed by atoms with E-state index in [0.29, 0.717) is 16.6 Å². The number of hydrogen-bond acceptors (Lipinski definition) is 6. The molecule has 80 heavy (non-hydrogen) atoms. The molecule has 15 heteroatoms. The largest absolute Gasteiger partial charge is 0.0622 e. The number of aromatic nitrogens is 4. The first-order valence-electron chi connectivity index (χ1n) is 26.2. The van der Waals surface area contributed by atoms with Gasteiger partial charge in [-0.05, 0) is 95.1 Å². The molecule has 0 aliphatic heterocycles. The third kappa shape index (κ3) is 24.3. The minimum absolute atomic E-state index is 0. The zero-order chi connectivity index (χ0) is 56.2. The molecule has 0 saturated carbocycles. The van der Waals surface area contributed by atoms with Gasteiger partial charge in [0.15, 0.2) is 5.76 Å². The van der Waals surface area contributed by atoms with E-state index in [1.807, 2.05) is 12.3 Å². The summed E-state index contributed by atoms with van der Waals surface area (Å²) in [6.07, 6.45) is 14.8. The summed E-state index contributed by atoms with van der Waals surface area (Å²) in [6.45, 7) is 6.95. The SMILES string of the molecule is C.CCC[CH2][Sn]([CH2]CCC)([CH2]CCC)[c]1ccco1.Clc1ccnc(Cl)n1.Clc1nccc(-c2ccco2)n1.[Cl][Pd][Cl].c1ccc(P(c2ccccc2)c2ccccc2)cc1.c1ccc(P(c2ccccc2)c2ccccc2)cc1. The first-order chi connectivity index (χ1) is 38.7. The third-order valence-corrected chi connectivity index (χ3v) is 32.6. The fraction of sp³-hybridized carbons (Fsp3) is 0.200. The molecular formula is C65H71Cl5N4O2P2PdSn. The van der Waals surface area contributed by atoms with E-state index in [0.717, 1.165) is 0 Å². The van der Waals surface area contributed by atoms with Gasteiger partial charge < -0.3 is 4.42 Å². The van der Waals surface area contributed by atoms with Gasteiger partial charge in [-0.25, -0.2) is 19.9 Å². The molecule has 10 rings (SSSR count). The first kappa shape index (κ1) is 68.3. The normalized spacial score (nSPS) is 10.4. The van der Waals surface area contributed by atoms with Crippen molar-refractivity contribution in [1.82, 2.24) is 19.9 Å². The molecule has 0 atom stereocenters. The first-order valence-corrected chi connectivity index (χ1v) is 41.5. The van der Waals surface area contributed by atoms with Crippen LogP contribution < -0.4 is 35.6 Å². The minimum Gasteiger partial charge on any atom is -0.0622 e. The van der Waals surface area contributed by atoms with Crippen molar-refractivity contribution in [3.05, 3.63) is 259 Å². The summed E-state index contributed by atoms with van der Waals surface area (Å²) in [5.74, 6) is 0.694. The predicted molar refractivity (Wildman–Crippen MR) is 349 cm³/mol. The van der Waals surface area contributed by atoms with Crippen LogP contribution in [-0.2, 0) is 15.9 Å². The van der Waals surface area contributed by atoms with E-state index in [9.17, 15) is 0 Å². The van der Waals surface area contributed by atoms with Crippen molar-refractivity contribution in [2.45, 2.75) is 80.0 Å². The average Bonchev–Trinajstić information content (AvgIpc) is 4.28. The maximum atomic E-state index is 5.88. The monoisotopic (exact) mass is 1400 g/mol. The number of halogens is 5. The van der Waals surface area contributed by atoms with Gasteiger partial charge in [-0.3, -0.25) is 0 Å². The standard InChI is InChI=1S/2C18H15P.C8H5ClN2O.C4H2Cl2N2.C4H3O.3C4H9.CH4.2ClH.Pd.Sn/c2*1-4-10-16(11-5-1)19(17-12-6-2-7-13-17)18-14-8-3-9-15-18;9-8-10-4-3-6(11-8)7-2-1-5-12-7;5-3-1-2-7-4(6)8-3;1-2-4-5-3-1;3*1-3-4-2;;;;;/h2*1-15H;1-5H;1-2H;1-3H;3*1,3-4H2,2H3;1H4;2*1H;;/q;;;;;;;;;;;+2;/p-2. The van der Waals surface area contributed by atoms with Crippen molar-refractivity contribution in [1.29, 1.82) is 0 Å². The fourth-order valence-corrected chi connectivity index (χ4v) is 28.8. The fourth-order valence-electron chi connectivity index (χ4n) is 8.44. The van der Waals surface area contributed by atoms with E-state index in [4.69, 9.17) is 62.7 Å². The summed E-state index contributed by atoms with van der Waals surface area (Å²) >= 11 is 14.0. The molecule has 422 valence electrons. The van der Waals surface area contributed by atoms with Crippen LogP contribution in [-0.4, -0.2) is 38.3 Å². The van der Waals surface area contributed by atoms with Crippen LogP contribution in [0.4, 0.5) is 0 Å². The quantitative estimate of drug-likeness (QED) is 0.0391. The van der Waals surface area contributed by atoms with Crippen molar-refractivity contribution >= 4 is 124 Å². The number of nitrogens with zero attached hydrogens (tertiary/aromatic N) is 4. The van der Waals surface area contributed by atoms with Crippen molar-refractivity contribution in [2.75, 3.05) is 0 Å². The smallest absolute Gasteiger partial charge is 0.0134 e. The number of hydrogen-bond donors (Lipinski definition) is 0. The van der Waals surface area contributed by atoms with Gasteiger partial charge in [0.2, 0.25) is 10.6 Å². The Bertz CT molecular complexity index is 2730. The van der Waals surface area contributed by atoms with Gasteiger partial charge in [-0.15, -0.1) is 0 Å². The molecule has 4 heterocycles. The van der Waals surface area contributed by atoms with Gasteiger partial charge in [-0.2, -0.15) is 0 Å². The molecule has 6 nitrogen and oxygen atoms in total. The molecule has 4 aromatic heterocycles. The van der Waals surface area contributed by atoms with Gasteiger partial charge in [0.25, 0.3) is 0 Å². The molecule has 6 aromatic carbocycles. The zero-order valence-electron chi connectivity index (χ0n) is 44.7. The van der Waals surface area contributed by atoms with Crippen LogP contribution in [0.3, 0.4) is 0 Å². The van der Waals surface area contributed by atoms with Crippen molar-refractivity contribution in [3.8, 4) is 11.5 Å². The maximum absolute atomic E-state index is 5.88. The van der Waals surface area contributed by atoms with E-state index in [1.54, 1.807) is 30.7 Å². The average molecular weight is 1400 g/mol. The molecule has 0 saturated heterocycles. The molecule has 0 radical (unpaired) electrons. The molecule has 0 amide bonds. The Kier molecular flexibility index (Phi) is 34.9. The molecule has 0 bridgehead atoms. The summed E-state index contributed by atoms with van der Waals surface area (Å²) in [5.41, 5.74) is 0.694. The van der Waals surface area contributed by atoms with Gasteiger partial charge in [0.1, 0.15) is 10.8 Å². The number of benzene rings is 6. The van der Waals surface area contributed by atoms with E-state index in [-0.39, 0.29) is 33.9 Å². The zero-order valence-corrected chi connectivity index (χ0v) is 54.6. The van der Waals surface area contributed by atoms with Gasteiger partial charge in [-0.1, -0.05) is 201 Å². The Morgan fingerprint density at radius 1 is 0.412 bits per heavy atom. The van der Waals surface area contributed by atoms with Crippen LogP contribution in [0.5, 0.6) is 0 Å². The maximum Gasteiger partial charge on any atom is -0.0134 e. The number of furan rings is 2. The van der Waals surface area contributed by atoms with Crippen molar-refractivity contribution in [3.63, 3.8) is 0 Å². The van der Waals surface area contributed by atoms with Crippen LogP contribution >= 0.6 is 69.7 Å². The van der Waals surface area contributed by atoms with Gasteiger partial charge >= 0.3 is 153 Å². The summed E-state index contributed by atoms with van der Waals surface area (Å²) in [6, 6.07) is 76.0. The molecular weight excluding hydrogens is 1330 g/mol. The number of unbranched alkanes of at least 4 members (excludes halogenated alkanes) is 3. The summed E-state index contributed by atoms with van der Waals surface area (Å²) in [5, 5.41) is 9.16. The number of rotatable bonds is 17. The summed E-state index contributed by atoms with van der Waals surface area (Å²) in [7, 11) is 8.74. The van der Waals surface area contributed by atoms with E-state index in [1.165, 1.54) is 93.6 Å². The minimum atomic E-state index is -2.20. The van der Waals surface area contributed by atoms with Crippen LogP contribution in [0.25, 0.3) is 11.5 Å². The molecule has 0 aliphatic rings. The molecule has 0 N–H and O–H groups in total. The Morgan fingerprint density at radius 2 is 0.738 bits per heavy atom. The van der Waals surface area contributed by atoms with Crippen LogP contribution in [0.2, 0.25) is 29.0 Å². The molecule has 0 aliphatic carbocycles. The van der Waals surface area contributed by atoms with Crippen LogP contribution in [0.1, 0.15) is 66.7 Å². The van der Waals surface area contributed by atoms with Crippen LogP contribution in [0, 0.1) is 0 Å². The van der Waals surface area contributed by atoms with Gasteiger partial charge in [0, 0.05) is 12.4 Å². The third-order valence-electron chi connectivity index (χ3n) is 12.1. The second-order valence-electron chi connectivity index (χ2n) is 17.6. The Morgan fingerprint density at radius 3 is 1.00 bits per heavy atom. The Balaban J connectivity index is 0.000000217. The Hall–Kier alpha value is -4.19. The van der Waals surface area contributed by atoms with E-state index < -0.39 is 34.2 Å².